The molecule has 0 unspecified atom stereocenters. The lowest BCUT2D eigenvalue weighted by Gasteiger charge is -2.19. The molecule has 0 amide bonds. The Bertz CT molecular complexity index is 950. The Balaban J connectivity index is 0.00000210. The van der Waals surface area contributed by atoms with Crippen LogP contribution in [0.2, 0.25) is 0 Å². The molecule has 1 aromatic carbocycles. The predicted octanol–water partition coefficient (Wildman–Crippen LogP) is 3.51. The normalized spacial score (nSPS) is 15.3. The molecule has 0 radical (unpaired) electrons. The Morgan fingerprint density at radius 3 is 2.78 bits per heavy atom. The summed E-state index contributed by atoms with van der Waals surface area (Å²) >= 11 is 3.57. The molecule has 4 rings (SSSR count). The summed E-state index contributed by atoms with van der Waals surface area (Å²) in [4.78, 5) is 4.34. The fourth-order valence-electron chi connectivity index (χ4n) is 3.18. The molecular weight excluding hydrogens is 519 g/mol. The maximum atomic E-state index is 4.34. The second-order valence-corrected chi connectivity index (χ2v) is 7.53. The first-order chi connectivity index (χ1) is 12.7. The summed E-state index contributed by atoms with van der Waals surface area (Å²) in [5.74, 6) is 1.63. The van der Waals surface area contributed by atoms with Crippen LogP contribution in [-0.4, -0.2) is 34.2 Å². The third kappa shape index (κ3) is 4.43. The molecule has 1 saturated carbocycles. The molecule has 1 aliphatic carbocycles. The second kappa shape index (κ2) is 8.55. The molecule has 3 aromatic rings. The van der Waals surface area contributed by atoms with E-state index < -0.39 is 0 Å². The SMILES string of the molecule is CN=C(NCc1nnc2ccccn12)NCC1(c2cccc(Br)c2)CC1.I. The summed E-state index contributed by atoms with van der Waals surface area (Å²) in [6.07, 6.45) is 4.36. The van der Waals surface area contributed by atoms with Gasteiger partial charge in [-0.15, -0.1) is 34.2 Å². The Morgan fingerprint density at radius 2 is 2.04 bits per heavy atom. The summed E-state index contributed by atoms with van der Waals surface area (Å²) < 4.78 is 3.10. The van der Waals surface area contributed by atoms with Crippen molar-refractivity contribution in [2.24, 2.45) is 4.99 Å². The first-order valence-electron chi connectivity index (χ1n) is 8.69. The van der Waals surface area contributed by atoms with Crippen molar-refractivity contribution in [3.05, 3.63) is 64.5 Å². The number of aromatic nitrogens is 3. The number of nitrogens with zero attached hydrogens (tertiary/aromatic N) is 4. The molecule has 1 fully saturated rings. The third-order valence-corrected chi connectivity index (χ3v) is 5.40. The van der Waals surface area contributed by atoms with Crippen molar-refractivity contribution in [3.63, 3.8) is 0 Å². The van der Waals surface area contributed by atoms with Crippen molar-refractivity contribution in [2.75, 3.05) is 13.6 Å². The number of aliphatic imine (C=N–C) groups is 1. The lowest BCUT2D eigenvalue weighted by atomic mass is 9.96. The van der Waals surface area contributed by atoms with Gasteiger partial charge in [-0.05, 0) is 42.7 Å². The van der Waals surface area contributed by atoms with Crippen LogP contribution in [0.1, 0.15) is 24.2 Å². The average molecular weight is 541 g/mol. The molecule has 0 saturated heterocycles. The number of benzene rings is 1. The Morgan fingerprint density at radius 1 is 1.19 bits per heavy atom. The van der Waals surface area contributed by atoms with Crippen LogP contribution < -0.4 is 10.6 Å². The minimum absolute atomic E-state index is 0. The molecule has 2 N–H and O–H groups in total. The number of rotatable bonds is 5. The van der Waals surface area contributed by atoms with E-state index >= 15 is 0 Å². The summed E-state index contributed by atoms with van der Waals surface area (Å²) in [6.45, 7) is 1.43. The van der Waals surface area contributed by atoms with E-state index in [1.165, 1.54) is 18.4 Å². The van der Waals surface area contributed by atoms with Crippen LogP contribution in [0, 0.1) is 0 Å². The molecule has 1 aliphatic rings. The number of halogens is 2. The number of nitrogens with one attached hydrogen (secondary N) is 2. The average Bonchev–Trinajstić information content (AvgIpc) is 3.35. The molecular formula is C19H22BrIN6. The highest BCUT2D eigenvalue weighted by atomic mass is 127. The summed E-state index contributed by atoms with van der Waals surface area (Å²) in [6, 6.07) is 14.5. The fraction of sp³-hybridized carbons (Fsp3) is 0.316. The minimum Gasteiger partial charge on any atom is -0.356 e. The number of guanidine groups is 1. The van der Waals surface area contributed by atoms with E-state index in [9.17, 15) is 0 Å². The molecule has 0 atom stereocenters. The standard InChI is InChI=1S/C19H21BrN6.HI/c1-21-18(22-12-17-25-24-16-7-2-3-10-26(16)17)23-13-19(8-9-19)14-5-4-6-15(20)11-14;/h2-7,10-11H,8-9,12-13H2,1H3,(H2,21,22,23);1H. The highest BCUT2D eigenvalue weighted by Gasteiger charge is 2.44. The molecule has 0 spiro atoms. The minimum atomic E-state index is 0. The van der Waals surface area contributed by atoms with Crippen LogP contribution in [0.4, 0.5) is 0 Å². The first-order valence-corrected chi connectivity index (χ1v) is 9.49. The van der Waals surface area contributed by atoms with E-state index in [1.54, 1.807) is 7.05 Å². The zero-order valence-electron chi connectivity index (χ0n) is 15.0. The van der Waals surface area contributed by atoms with Gasteiger partial charge >= 0.3 is 0 Å². The van der Waals surface area contributed by atoms with Gasteiger partial charge in [0.1, 0.15) is 0 Å². The molecule has 142 valence electrons. The van der Waals surface area contributed by atoms with Crippen molar-refractivity contribution in [1.82, 2.24) is 25.2 Å². The molecule has 27 heavy (non-hydrogen) atoms. The van der Waals surface area contributed by atoms with Gasteiger partial charge in [0.15, 0.2) is 17.4 Å². The molecule has 8 heteroatoms. The van der Waals surface area contributed by atoms with Gasteiger partial charge in [0.2, 0.25) is 0 Å². The van der Waals surface area contributed by atoms with E-state index in [0.29, 0.717) is 6.54 Å². The van der Waals surface area contributed by atoms with Crippen molar-refractivity contribution >= 4 is 51.5 Å². The quantitative estimate of drug-likeness (QED) is 0.295. The summed E-state index contributed by atoms with van der Waals surface area (Å²) in [5, 5.41) is 15.2. The monoisotopic (exact) mass is 540 g/mol. The van der Waals surface area contributed by atoms with Crippen LogP contribution in [-0.2, 0) is 12.0 Å². The van der Waals surface area contributed by atoms with Gasteiger partial charge in [-0.1, -0.05) is 34.1 Å². The zero-order valence-corrected chi connectivity index (χ0v) is 18.9. The smallest absolute Gasteiger partial charge is 0.191 e. The van der Waals surface area contributed by atoms with E-state index in [4.69, 9.17) is 0 Å². The number of hydrogen-bond donors (Lipinski definition) is 2. The van der Waals surface area contributed by atoms with Gasteiger partial charge in [-0.25, -0.2) is 0 Å². The first kappa shape index (κ1) is 20.1. The highest BCUT2D eigenvalue weighted by Crippen LogP contribution is 2.48. The Hall–Kier alpha value is -1.68. The molecule has 2 heterocycles. The van der Waals surface area contributed by atoms with Crippen LogP contribution >= 0.6 is 39.9 Å². The van der Waals surface area contributed by atoms with Crippen LogP contribution in [0.3, 0.4) is 0 Å². The molecule has 2 aromatic heterocycles. The van der Waals surface area contributed by atoms with E-state index in [0.717, 1.165) is 28.4 Å². The topological polar surface area (TPSA) is 66.6 Å². The Labute approximate surface area is 184 Å². The maximum Gasteiger partial charge on any atom is 0.191 e. The zero-order chi connectivity index (χ0) is 18.0. The van der Waals surface area contributed by atoms with E-state index in [-0.39, 0.29) is 29.4 Å². The van der Waals surface area contributed by atoms with Crippen LogP contribution in [0.15, 0.2) is 58.1 Å². The lowest BCUT2D eigenvalue weighted by Crippen LogP contribution is -2.41. The van der Waals surface area contributed by atoms with Gasteiger partial charge < -0.3 is 10.6 Å². The van der Waals surface area contributed by atoms with Gasteiger partial charge in [-0.3, -0.25) is 9.39 Å². The Kier molecular flexibility index (Phi) is 6.36. The van der Waals surface area contributed by atoms with Gasteiger partial charge in [-0.2, -0.15) is 0 Å². The molecule has 0 aliphatic heterocycles. The number of hydrogen-bond acceptors (Lipinski definition) is 3. The largest absolute Gasteiger partial charge is 0.356 e. The van der Waals surface area contributed by atoms with E-state index in [2.05, 4.69) is 66.0 Å². The maximum absolute atomic E-state index is 4.34. The lowest BCUT2D eigenvalue weighted by molar-refractivity contribution is 0.642. The fourth-order valence-corrected chi connectivity index (χ4v) is 3.58. The van der Waals surface area contributed by atoms with Crippen molar-refractivity contribution < 1.29 is 0 Å². The van der Waals surface area contributed by atoms with Crippen LogP contribution in [0.5, 0.6) is 0 Å². The van der Waals surface area contributed by atoms with Crippen molar-refractivity contribution in [1.29, 1.82) is 0 Å². The predicted molar refractivity (Wildman–Crippen MR) is 122 cm³/mol. The second-order valence-electron chi connectivity index (χ2n) is 6.62. The van der Waals surface area contributed by atoms with Gasteiger partial charge in [0, 0.05) is 29.7 Å². The van der Waals surface area contributed by atoms with Gasteiger partial charge in [0.05, 0.1) is 6.54 Å². The highest BCUT2D eigenvalue weighted by molar-refractivity contribution is 14.0. The number of fused-ring (bicyclic) bond motifs is 1. The summed E-state index contributed by atoms with van der Waals surface area (Å²) in [7, 11) is 1.79. The van der Waals surface area contributed by atoms with Crippen molar-refractivity contribution in [2.45, 2.75) is 24.8 Å². The molecule has 0 bridgehead atoms. The van der Waals surface area contributed by atoms with Crippen LogP contribution in [0.25, 0.3) is 5.65 Å². The number of pyridine rings is 1. The molecule has 6 nitrogen and oxygen atoms in total. The van der Waals surface area contributed by atoms with Crippen molar-refractivity contribution in [3.8, 4) is 0 Å². The third-order valence-electron chi connectivity index (χ3n) is 4.91. The summed E-state index contributed by atoms with van der Waals surface area (Å²) in [5.41, 5.74) is 2.43. The van der Waals surface area contributed by atoms with E-state index in [1.807, 2.05) is 28.8 Å². The van der Waals surface area contributed by atoms with Gasteiger partial charge in [0.25, 0.3) is 0 Å².